The number of rotatable bonds is 3. The number of benzene rings is 1. The van der Waals surface area contributed by atoms with Crippen molar-refractivity contribution in [3.05, 3.63) is 29.3 Å². The third-order valence-electron chi connectivity index (χ3n) is 5.01. The fourth-order valence-corrected chi connectivity index (χ4v) is 4.80. The molecule has 3 nitrogen and oxygen atoms in total. The summed E-state index contributed by atoms with van der Waals surface area (Å²) in [7, 11) is -1.05. The lowest BCUT2D eigenvalue weighted by molar-refractivity contribution is 0.102. The molecule has 0 aliphatic carbocycles. The number of likely N-dealkylation sites (tertiary alicyclic amines) is 1. The van der Waals surface area contributed by atoms with Crippen molar-refractivity contribution in [3.63, 3.8) is 0 Å². The average Bonchev–Trinajstić information content (AvgIpc) is 2.56. The maximum Gasteiger partial charge on any atom is 0.127 e. The third kappa shape index (κ3) is 3.91. The summed E-state index contributed by atoms with van der Waals surface area (Å²) < 4.78 is 14.7. The summed E-state index contributed by atoms with van der Waals surface area (Å²) in [5.74, 6) is 0.883. The van der Waals surface area contributed by atoms with E-state index >= 15 is 0 Å². The first kappa shape index (κ1) is 16.4. The van der Waals surface area contributed by atoms with Gasteiger partial charge in [0.05, 0.1) is 4.90 Å². The molecule has 2 aliphatic heterocycles. The molecule has 2 saturated heterocycles. The van der Waals surface area contributed by atoms with E-state index in [9.17, 15) is 4.21 Å². The third-order valence-corrected chi connectivity index (χ3v) is 6.77. The topological polar surface area (TPSA) is 23.6 Å². The molecule has 2 fully saturated rings. The predicted molar refractivity (Wildman–Crippen MR) is 92.4 cm³/mol. The summed E-state index contributed by atoms with van der Waals surface area (Å²) in [6.45, 7) is 6.69. The largest absolute Gasteiger partial charge is 0.300 e. The number of hydrogen-bond acceptors (Lipinski definition) is 2. The van der Waals surface area contributed by atoms with E-state index in [0.717, 1.165) is 36.7 Å². The highest BCUT2D eigenvalue weighted by Gasteiger charge is 2.29. The minimum Gasteiger partial charge on any atom is -0.300 e. The highest BCUT2D eigenvalue weighted by molar-refractivity contribution is 7.82. The van der Waals surface area contributed by atoms with Gasteiger partial charge in [-0.2, -0.15) is 0 Å². The fourth-order valence-electron chi connectivity index (χ4n) is 3.47. The minimum atomic E-state index is -1.05. The Hall–Kier alpha value is -0.420. The van der Waals surface area contributed by atoms with Crippen LogP contribution in [0.15, 0.2) is 29.2 Å². The first-order valence-corrected chi connectivity index (χ1v) is 9.78. The van der Waals surface area contributed by atoms with Gasteiger partial charge in [-0.25, -0.2) is 8.51 Å². The zero-order valence-electron chi connectivity index (χ0n) is 13.2. The lowest BCUT2D eigenvalue weighted by atomic mass is 9.95. The zero-order chi connectivity index (χ0) is 15.5. The van der Waals surface area contributed by atoms with Gasteiger partial charge in [-0.3, -0.25) is 0 Å². The average molecular weight is 341 g/mol. The van der Waals surface area contributed by atoms with Crippen LogP contribution in [-0.4, -0.2) is 45.6 Å². The van der Waals surface area contributed by atoms with Crippen molar-refractivity contribution in [1.82, 2.24) is 9.21 Å². The van der Waals surface area contributed by atoms with Crippen molar-refractivity contribution < 1.29 is 4.21 Å². The van der Waals surface area contributed by atoms with Crippen molar-refractivity contribution in [2.45, 2.75) is 43.5 Å². The summed E-state index contributed by atoms with van der Waals surface area (Å²) >= 11 is 5.90. The molecule has 0 spiro atoms. The first-order chi connectivity index (χ1) is 10.6. The molecule has 1 aromatic carbocycles. The molecule has 0 bridgehead atoms. The van der Waals surface area contributed by atoms with Crippen LogP contribution in [0.5, 0.6) is 0 Å². The van der Waals surface area contributed by atoms with Crippen molar-refractivity contribution in [3.8, 4) is 0 Å². The lowest BCUT2D eigenvalue weighted by Gasteiger charge is -2.40. The molecule has 0 amide bonds. The lowest BCUT2D eigenvalue weighted by Crippen LogP contribution is -2.47. The molecule has 22 heavy (non-hydrogen) atoms. The maximum absolute atomic E-state index is 12.6. The van der Waals surface area contributed by atoms with E-state index in [2.05, 4.69) is 16.1 Å². The van der Waals surface area contributed by atoms with Gasteiger partial charge in [0.15, 0.2) is 0 Å². The predicted octanol–water partition coefficient (Wildman–Crippen LogP) is 3.56. The van der Waals surface area contributed by atoms with Crippen LogP contribution in [0.2, 0.25) is 5.02 Å². The van der Waals surface area contributed by atoms with Crippen molar-refractivity contribution >= 4 is 22.6 Å². The molecule has 0 N–H and O–H groups in total. The molecule has 122 valence electrons. The highest BCUT2D eigenvalue weighted by Crippen LogP contribution is 2.25. The summed E-state index contributed by atoms with van der Waals surface area (Å²) in [5, 5.41) is 0.693. The van der Waals surface area contributed by atoms with Gasteiger partial charge in [-0.1, -0.05) is 18.5 Å². The normalized spacial score (nSPS) is 24.5. The zero-order valence-corrected chi connectivity index (χ0v) is 14.8. The van der Waals surface area contributed by atoms with Gasteiger partial charge in [0.2, 0.25) is 0 Å². The molecule has 1 atom stereocenters. The first-order valence-electron chi connectivity index (χ1n) is 8.30. The number of piperidine rings is 2. The summed E-state index contributed by atoms with van der Waals surface area (Å²) in [4.78, 5) is 3.51. The molecule has 0 saturated carbocycles. The Morgan fingerprint density at radius 2 is 1.59 bits per heavy atom. The van der Waals surface area contributed by atoms with Crippen molar-refractivity contribution in [1.29, 1.82) is 0 Å². The molecule has 1 unspecified atom stereocenters. The number of halogens is 1. The summed E-state index contributed by atoms with van der Waals surface area (Å²) in [6, 6.07) is 8.06. The van der Waals surface area contributed by atoms with Crippen molar-refractivity contribution in [2.75, 3.05) is 26.2 Å². The molecule has 2 aliphatic rings. The molecule has 1 aromatic rings. The van der Waals surface area contributed by atoms with Crippen LogP contribution in [0.25, 0.3) is 0 Å². The smallest absolute Gasteiger partial charge is 0.127 e. The second-order valence-electron chi connectivity index (χ2n) is 6.58. The van der Waals surface area contributed by atoms with Gasteiger partial charge in [-0.05, 0) is 69.0 Å². The van der Waals surface area contributed by atoms with E-state index < -0.39 is 11.0 Å². The van der Waals surface area contributed by atoms with Crippen LogP contribution < -0.4 is 0 Å². The van der Waals surface area contributed by atoms with E-state index in [-0.39, 0.29) is 0 Å². The Labute approximate surface area is 141 Å². The monoisotopic (exact) mass is 340 g/mol. The summed E-state index contributed by atoms with van der Waals surface area (Å²) in [6.07, 6.45) is 4.93. The SMILES string of the molecule is CC1CCN(C2CCN(S(=O)c3ccc(Cl)cc3)CC2)CC1. The van der Waals surface area contributed by atoms with Crippen LogP contribution in [0, 0.1) is 5.92 Å². The summed E-state index contributed by atoms with van der Waals surface area (Å²) in [5.41, 5.74) is 0. The fraction of sp³-hybridized carbons (Fsp3) is 0.647. The number of nitrogens with zero attached hydrogens (tertiary/aromatic N) is 2. The maximum atomic E-state index is 12.6. The van der Waals surface area contributed by atoms with Crippen molar-refractivity contribution in [2.24, 2.45) is 5.92 Å². The van der Waals surface area contributed by atoms with Crippen LogP contribution >= 0.6 is 11.6 Å². The molecular weight excluding hydrogens is 316 g/mol. The Bertz CT molecular complexity index is 506. The Morgan fingerprint density at radius 1 is 1.00 bits per heavy atom. The Morgan fingerprint density at radius 3 is 2.18 bits per heavy atom. The van der Waals surface area contributed by atoms with Crippen LogP contribution in [0.1, 0.15) is 32.6 Å². The van der Waals surface area contributed by atoms with E-state index in [1.807, 2.05) is 24.3 Å². The van der Waals surface area contributed by atoms with E-state index in [1.165, 1.54) is 25.9 Å². The van der Waals surface area contributed by atoms with Gasteiger partial charge in [0.25, 0.3) is 0 Å². The standard InChI is InChI=1S/C17H25ClN2OS/c1-14-6-10-19(11-7-14)16-8-12-20(13-9-16)22(21)17-4-2-15(18)3-5-17/h2-5,14,16H,6-13H2,1H3. The van der Waals surface area contributed by atoms with Gasteiger partial charge < -0.3 is 4.90 Å². The van der Waals surface area contributed by atoms with Gasteiger partial charge in [-0.15, -0.1) is 0 Å². The molecule has 3 rings (SSSR count). The second kappa shape index (κ2) is 7.43. The van der Waals surface area contributed by atoms with Gasteiger partial charge in [0.1, 0.15) is 11.0 Å². The molecule has 5 heteroatoms. The Kier molecular flexibility index (Phi) is 5.55. The van der Waals surface area contributed by atoms with Crippen LogP contribution in [-0.2, 0) is 11.0 Å². The second-order valence-corrected chi connectivity index (χ2v) is 8.50. The van der Waals surface area contributed by atoms with E-state index in [1.54, 1.807) is 0 Å². The van der Waals surface area contributed by atoms with Gasteiger partial charge >= 0.3 is 0 Å². The molecule has 0 radical (unpaired) electrons. The molecule has 0 aromatic heterocycles. The van der Waals surface area contributed by atoms with Gasteiger partial charge in [0, 0.05) is 24.2 Å². The minimum absolute atomic E-state index is 0.686. The van der Waals surface area contributed by atoms with Crippen LogP contribution in [0.4, 0.5) is 0 Å². The molecule has 2 heterocycles. The van der Waals surface area contributed by atoms with Crippen LogP contribution in [0.3, 0.4) is 0 Å². The highest BCUT2D eigenvalue weighted by atomic mass is 35.5. The van der Waals surface area contributed by atoms with E-state index in [4.69, 9.17) is 11.6 Å². The van der Waals surface area contributed by atoms with E-state index in [0.29, 0.717) is 11.1 Å². The Balaban J connectivity index is 1.53. The quantitative estimate of drug-likeness (QED) is 0.840. The molecular formula is C17H25ClN2OS. The number of hydrogen-bond donors (Lipinski definition) is 0.